The van der Waals surface area contributed by atoms with Crippen molar-refractivity contribution in [1.82, 2.24) is 0 Å². The Kier molecular flexibility index (Phi) is 8.74. The maximum atomic E-state index is 6.52. The molecule has 2 aliphatic heterocycles. The summed E-state index contributed by atoms with van der Waals surface area (Å²) in [4.78, 5) is 0. The van der Waals surface area contributed by atoms with Crippen molar-refractivity contribution in [3.8, 4) is 5.75 Å². The van der Waals surface area contributed by atoms with Crippen molar-refractivity contribution in [3.63, 3.8) is 0 Å². The Hall–Kier alpha value is -2.78. The predicted octanol–water partition coefficient (Wildman–Crippen LogP) is 4.61. The second-order valence-corrected chi connectivity index (χ2v) is 10.2. The Bertz CT molecular complexity index is 1120. The highest BCUT2D eigenvalue weighted by Crippen LogP contribution is 2.39. The maximum Gasteiger partial charge on any atom is 0.229 e. The van der Waals surface area contributed by atoms with Crippen molar-refractivity contribution < 1.29 is 28.4 Å². The van der Waals surface area contributed by atoms with Crippen LogP contribution in [0.2, 0.25) is 0 Å². The van der Waals surface area contributed by atoms with E-state index in [1.807, 2.05) is 98.8 Å². The topological polar surface area (TPSA) is 81.4 Å². The quantitative estimate of drug-likeness (QED) is 0.396. The molecule has 7 heteroatoms. The molecule has 2 aliphatic rings. The Morgan fingerprint density at radius 2 is 1.39 bits per heavy atom. The van der Waals surface area contributed by atoms with Crippen molar-refractivity contribution >= 4 is 0 Å². The van der Waals surface area contributed by atoms with Gasteiger partial charge >= 0.3 is 0 Å². The molecule has 7 nitrogen and oxygen atoms in total. The van der Waals surface area contributed by atoms with Gasteiger partial charge in [0.1, 0.15) is 30.2 Å². The molecule has 2 N–H and O–H groups in total. The first-order valence-electron chi connectivity index (χ1n) is 13.2. The van der Waals surface area contributed by atoms with E-state index in [9.17, 15) is 0 Å². The molecule has 0 amide bonds. The maximum absolute atomic E-state index is 6.52. The van der Waals surface area contributed by atoms with E-state index in [4.69, 9.17) is 34.2 Å². The van der Waals surface area contributed by atoms with Gasteiger partial charge in [0, 0.05) is 0 Å². The van der Waals surface area contributed by atoms with E-state index in [-0.39, 0.29) is 6.10 Å². The van der Waals surface area contributed by atoms with Gasteiger partial charge in [-0.3, -0.25) is 0 Å². The van der Waals surface area contributed by atoms with Crippen LogP contribution in [-0.4, -0.2) is 49.6 Å². The monoisotopic (exact) mass is 519 g/mol. The standard InChI is InChI=1S/C31H37NO6/c1-31(2)37-27-26(21-33-19-23-9-5-3-6-10-23)36-30(35-25-15-13-22(14-16-25)17-18-32)29(28(27)38-31)34-20-24-11-7-4-8-12-24/h3-16,26-30H,17-21,32H2,1-2H3. The van der Waals surface area contributed by atoms with Gasteiger partial charge in [-0.1, -0.05) is 72.8 Å². The summed E-state index contributed by atoms with van der Waals surface area (Å²) >= 11 is 0. The van der Waals surface area contributed by atoms with Gasteiger partial charge in [-0.05, 0) is 55.6 Å². The van der Waals surface area contributed by atoms with Gasteiger partial charge in [0.25, 0.3) is 0 Å². The molecule has 2 fully saturated rings. The van der Waals surface area contributed by atoms with Gasteiger partial charge in [-0.15, -0.1) is 0 Å². The minimum Gasteiger partial charge on any atom is -0.462 e. The lowest BCUT2D eigenvalue weighted by Gasteiger charge is -2.41. The third-order valence-electron chi connectivity index (χ3n) is 6.72. The van der Waals surface area contributed by atoms with Crippen LogP contribution in [-0.2, 0) is 43.3 Å². The largest absolute Gasteiger partial charge is 0.462 e. The molecule has 202 valence electrons. The Morgan fingerprint density at radius 3 is 2.05 bits per heavy atom. The van der Waals surface area contributed by atoms with Crippen LogP contribution in [0.3, 0.4) is 0 Å². The molecule has 3 aromatic carbocycles. The van der Waals surface area contributed by atoms with Crippen LogP contribution < -0.4 is 10.5 Å². The lowest BCUT2D eigenvalue weighted by atomic mass is 9.99. The van der Waals surface area contributed by atoms with E-state index in [0.717, 1.165) is 23.1 Å². The summed E-state index contributed by atoms with van der Waals surface area (Å²) in [5.41, 5.74) is 9.01. The van der Waals surface area contributed by atoms with E-state index in [1.54, 1.807) is 0 Å². The third-order valence-corrected chi connectivity index (χ3v) is 6.72. The number of ether oxygens (including phenoxy) is 6. The van der Waals surface area contributed by atoms with Crippen LogP contribution in [0.15, 0.2) is 84.9 Å². The fourth-order valence-electron chi connectivity index (χ4n) is 4.91. The molecule has 2 heterocycles. The first-order valence-corrected chi connectivity index (χ1v) is 13.2. The van der Waals surface area contributed by atoms with Crippen LogP contribution in [0.1, 0.15) is 30.5 Å². The van der Waals surface area contributed by atoms with E-state index in [2.05, 4.69) is 0 Å². The lowest BCUT2D eigenvalue weighted by molar-refractivity contribution is -0.270. The molecule has 3 aromatic rings. The molecule has 0 aromatic heterocycles. The minimum atomic E-state index is -0.788. The molecule has 0 aliphatic carbocycles. The van der Waals surface area contributed by atoms with E-state index < -0.39 is 30.4 Å². The molecule has 5 unspecified atom stereocenters. The second kappa shape index (κ2) is 12.4. The molecule has 38 heavy (non-hydrogen) atoms. The van der Waals surface area contributed by atoms with Crippen LogP contribution >= 0.6 is 0 Å². The fourth-order valence-corrected chi connectivity index (χ4v) is 4.91. The summed E-state index contributed by atoms with van der Waals surface area (Å²) in [5, 5.41) is 0. The van der Waals surface area contributed by atoms with Gasteiger partial charge in [-0.25, -0.2) is 0 Å². The summed E-state index contributed by atoms with van der Waals surface area (Å²) in [6, 6.07) is 28.0. The van der Waals surface area contributed by atoms with Crippen LogP contribution in [0.5, 0.6) is 5.75 Å². The number of fused-ring (bicyclic) bond motifs is 1. The molecular weight excluding hydrogens is 482 g/mol. The zero-order chi connectivity index (χ0) is 26.4. The van der Waals surface area contributed by atoms with Gasteiger partial charge in [-0.2, -0.15) is 0 Å². The van der Waals surface area contributed by atoms with Crippen molar-refractivity contribution in [2.45, 2.75) is 70.0 Å². The highest BCUT2D eigenvalue weighted by atomic mass is 16.8. The average Bonchev–Trinajstić information content (AvgIpc) is 3.26. The van der Waals surface area contributed by atoms with E-state index >= 15 is 0 Å². The summed E-state index contributed by atoms with van der Waals surface area (Å²) in [6.45, 7) is 5.62. The molecule has 0 spiro atoms. The first kappa shape index (κ1) is 26.8. The highest BCUT2D eigenvalue weighted by molar-refractivity contribution is 5.28. The number of hydrogen-bond donors (Lipinski definition) is 1. The average molecular weight is 520 g/mol. The zero-order valence-corrected chi connectivity index (χ0v) is 22.0. The molecule has 2 saturated heterocycles. The van der Waals surface area contributed by atoms with Gasteiger partial charge in [0.15, 0.2) is 5.79 Å². The molecular formula is C31H37NO6. The first-order chi connectivity index (χ1) is 18.5. The van der Waals surface area contributed by atoms with Crippen LogP contribution in [0.4, 0.5) is 0 Å². The molecule has 0 bridgehead atoms. The molecule has 0 saturated carbocycles. The molecule has 0 radical (unpaired) electrons. The van der Waals surface area contributed by atoms with Crippen LogP contribution in [0, 0.1) is 0 Å². The summed E-state index contributed by atoms with van der Waals surface area (Å²) in [7, 11) is 0. The number of nitrogens with two attached hydrogens (primary N) is 1. The molecule has 5 atom stereocenters. The van der Waals surface area contributed by atoms with Gasteiger partial charge in [0.2, 0.25) is 6.29 Å². The Balaban J connectivity index is 1.35. The van der Waals surface area contributed by atoms with Gasteiger partial charge < -0.3 is 34.2 Å². The summed E-state index contributed by atoms with van der Waals surface area (Å²) in [6.07, 6.45) is -1.58. The predicted molar refractivity (Wildman–Crippen MR) is 143 cm³/mol. The minimum absolute atomic E-state index is 0.330. The number of benzene rings is 3. The second-order valence-electron chi connectivity index (χ2n) is 10.2. The highest BCUT2D eigenvalue weighted by Gasteiger charge is 2.56. The zero-order valence-electron chi connectivity index (χ0n) is 22.0. The Labute approximate surface area is 224 Å². The van der Waals surface area contributed by atoms with Crippen molar-refractivity contribution in [3.05, 3.63) is 102 Å². The SMILES string of the molecule is CC1(C)OC2C(COCc3ccccc3)OC(Oc3ccc(CCN)cc3)C(OCc3ccccc3)C2O1. The normalized spacial score (nSPS) is 26.1. The lowest BCUT2D eigenvalue weighted by Crippen LogP contribution is -2.59. The van der Waals surface area contributed by atoms with Crippen molar-refractivity contribution in [2.24, 2.45) is 5.73 Å². The van der Waals surface area contributed by atoms with Crippen molar-refractivity contribution in [1.29, 1.82) is 0 Å². The van der Waals surface area contributed by atoms with E-state index in [1.165, 1.54) is 0 Å². The van der Waals surface area contributed by atoms with E-state index in [0.29, 0.717) is 32.1 Å². The number of hydrogen-bond acceptors (Lipinski definition) is 7. The van der Waals surface area contributed by atoms with Gasteiger partial charge in [0.05, 0.1) is 19.8 Å². The van der Waals surface area contributed by atoms with Crippen molar-refractivity contribution in [2.75, 3.05) is 13.2 Å². The molecule has 5 rings (SSSR count). The fraction of sp³-hybridized carbons (Fsp3) is 0.419. The summed E-state index contributed by atoms with van der Waals surface area (Å²) in [5.74, 6) is -0.103. The van der Waals surface area contributed by atoms with Crippen LogP contribution in [0.25, 0.3) is 0 Å². The third kappa shape index (κ3) is 6.80. The Morgan fingerprint density at radius 1 is 0.763 bits per heavy atom. The summed E-state index contributed by atoms with van der Waals surface area (Å²) < 4.78 is 38.1. The smallest absolute Gasteiger partial charge is 0.229 e. The number of rotatable bonds is 11.